The molecule has 1 aliphatic heterocycles. The number of hydrogen-bond acceptors (Lipinski definition) is 3. The number of carbonyl (C=O) groups excluding carboxylic acids is 1. The summed E-state index contributed by atoms with van der Waals surface area (Å²) in [5.41, 5.74) is 5.21. The zero-order chi connectivity index (χ0) is 23.8. The Bertz CT molecular complexity index is 1210. The lowest BCUT2D eigenvalue weighted by Gasteiger charge is -2.28. The number of anilines is 1. The van der Waals surface area contributed by atoms with Crippen LogP contribution in [-0.4, -0.2) is 32.0 Å². The van der Waals surface area contributed by atoms with E-state index in [9.17, 15) is 9.18 Å². The lowest BCUT2D eigenvalue weighted by atomic mass is 9.96. The monoisotopic (exact) mass is 477 g/mol. The quantitative estimate of drug-likeness (QED) is 0.470. The SMILES string of the molecule is Cc1cc(C2C(c3ccccn3)NC(=S)N2CCC(=O)Nc2ccc(F)cc2)c(C)n1C1CC1. The van der Waals surface area contributed by atoms with E-state index < -0.39 is 0 Å². The number of halogens is 1. The summed E-state index contributed by atoms with van der Waals surface area (Å²) in [4.78, 5) is 19.4. The van der Waals surface area contributed by atoms with Crippen molar-refractivity contribution in [2.24, 2.45) is 0 Å². The minimum absolute atomic E-state index is 0.0697. The Hall–Kier alpha value is -3.26. The van der Waals surface area contributed by atoms with Crippen LogP contribution in [0.15, 0.2) is 54.7 Å². The maximum atomic E-state index is 13.2. The average Bonchev–Trinajstić information content (AvgIpc) is 3.54. The molecule has 0 bridgehead atoms. The molecule has 8 heteroatoms. The number of benzene rings is 1. The van der Waals surface area contributed by atoms with Crippen LogP contribution in [0.5, 0.6) is 0 Å². The van der Waals surface area contributed by atoms with Gasteiger partial charge in [-0.2, -0.15) is 0 Å². The van der Waals surface area contributed by atoms with Crippen molar-refractivity contribution in [3.05, 3.63) is 83.2 Å². The lowest BCUT2D eigenvalue weighted by molar-refractivity contribution is -0.116. The maximum Gasteiger partial charge on any atom is 0.226 e. The molecule has 5 rings (SSSR count). The summed E-state index contributed by atoms with van der Waals surface area (Å²) >= 11 is 5.74. The summed E-state index contributed by atoms with van der Waals surface area (Å²) in [7, 11) is 0. The van der Waals surface area contributed by atoms with Crippen LogP contribution in [0.4, 0.5) is 10.1 Å². The number of aryl methyl sites for hydroxylation is 1. The number of nitrogens with one attached hydrogen (secondary N) is 2. The van der Waals surface area contributed by atoms with Gasteiger partial charge < -0.3 is 20.1 Å². The molecule has 1 amide bonds. The molecule has 176 valence electrons. The van der Waals surface area contributed by atoms with E-state index in [1.165, 1.54) is 41.9 Å². The van der Waals surface area contributed by atoms with E-state index in [1.807, 2.05) is 18.2 Å². The molecule has 2 atom stereocenters. The highest BCUT2D eigenvalue weighted by molar-refractivity contribution is 7.80. The van der Waals surface area contributed by atoms with Gasteiger partial charge in [-0.3, -0.25) is 9.78 Å². The standard InChI is InChI=1S/C26H28FN5OS/c1-16-15-21(17(2)32(16)20-10-11-20)25-24(22-5-3-4-13-28-22)30-26(34)31(25)14-12-23(33)29-19-8-6-18(27)7-9-19/h3-9,13,15,20,24-25H,10-12,14H2,1-2H3,(H,29,33)(H,30,34). The summed E-state index contributed by atoms with van der Waals surface area (Å²) in [5, 5.41) is 6.92. The Labute approximate surface area is 204 Å². The van der Waals surface area contributed by atoms with Gasteiger partial charge in [-0.25, -0.2) is 4.39 Å². The molecule has 2 N–H and O–H groups in total. The van der Waals surface area contributed by atoms with E-state index in [4.69, 9.17) is 12.2 Å². The number of aromatic nitrogens is 2. The van der Waals surface area contributed by atoms with Gasteiger partial charge in [0.2, 0.25) is 5.91 Å². The largest absolute Gasteiger partial charge is 0.352 e. The highest BCUT2D eigenvalue weighted by atomic mass is 32.1. The molecule has 1 saturated heterocycles. The highest BCUT2D eigenvalue weighted by Gasteiger charge is 2.42. The number of hydrogen-bond donors (Lipinski definition) is 2. The third kappa shape index (κ3) is 4.42. The number of thiocarbonyl (C=S) groups is 1. The maximum absolute atomic E-state index is 13.2. The summed E-state index contributed by atoms with van der Waals surface area (Å²) in [5.74, 6) is -0.475. The van der Waals surface area contributed by atoms with Crippen molar-refractivity contribution in [3.8, 4) is 0 Å². The van der Waals surface area contributed by atoms with Crippen molar-refractivity contribution in [2.45, 2.75) is 51.2 Å². The van der Waals surface area contributed by atoms with E-state index in [0.717, 1.165) is 5.69 Å². The molecule has 34 heavy (non-hydrogen) atoms. The summed E-state index contributed by atoms with van der Waals surface area (Å²) in [6, 6.07) is 14.3. The Morgan fingerprint density at radius 2 is 1.97 bits per heavy atom. The first-order valence-electron chi connectivity index (χ1n) is 11.6. The van der Waals surface area contributed by atoms with E-state index >= 15 is 0 Å². The average molecular weight is 478 g/mol. The van der Waals surface area contributed by atoms with Crippen LogP contribution in [-0.2, 0) is 4.79 Å². The zero-order valence-electron chi connectivity index (χ0n) is 19.3. The Kier molecular flexibility index (Phi) is 6.08. The van der Waals surface area contributed by atoms with Gasteiger partial charge in [-0.15, -0.1) is 0 Å². The normalized spacial score (nSPS) is 19.9. The Morgan fingerprint density at radius 1 is 1.21 bits per heavy atom. The molecular weight excluding hydrogens is 449 g/mol. The van der Waals surface area contributed by atoms with Gasteiger partial charge in [0.1, 0.15) is 5.82 Å². The molecule has 1 aromatic carbocycles. The molecule has 0 radical (unpaired) electrons. The van der Waals surface area contributed by atoms with Crippen LogP contribution < -0.4 is 10.6 Å². The van der Waals surface area contributed by atoms with Crippen molar-refractivity contribution in [1.82, 2.24) is 19.8 Å². The molecule has 0 spiro atoms. The molecule has 2 fully saturated rings. The third-order valence-corrected chi connectivity index (χ3v) is 7.01. The molecule has 1 saturated carbocycles. The summed E-state index contributed by atoms with van der Waals surface area (Å²) < 4.78 is 15.6. The van der Waals surface area contributed by atoms with Crippen LogP contribution in [0.2, 0.25) is 0 Å². The molecule has 3 heterocycles. The molecule has 1 aliphatic carbocycles. The number of nitrogens with zero attached hydrogens (tertiary/aromatic N) is 3. The number of carbonyl (C=O) groups is 1. The van der Waals surface area contributed by atoms with Crippen LogP contribution >= 0.6 is 12.2 Å². The van der Waals surface area contributed by atoms with Gasteiger partial charge in [0.25, 0.3) is 0 Å². The predicted octanol–water partition coefficient (Wildman–Crippen LogP) is 4.98. The molecule has 3 aromatic rings. The first kappa shape index (κ1) is 22.5. The first-order valence-corrected chi connectivity index (χ1v) is 12.0. The van der Waals surface area contributed by atoms with Crippen LogP contribution in [0.25, 0.3) is 0 Å². The van der Waals surface area contributed by atoms with Gasteiger partial charge in [0.05, 0.1) is 17.8 Å². The zero-order valence-corrected chi connectivity index (χ0v) is 20.1. The van der Waals surface area contributed by atoms with E-state index in [1.54, 1.807) is 18.3 Å². The molecule has 2 aromatic heterocycles. The van der Waals surface area contributed by atoms with Crippen molar-refractivity contribution in [3.63, 3.8) is 0 Å². The summed E-state index contributed by atoms with van der Waals surface area (Å²) in [6.07, 6.45) is 4.48. The smallest absolute Gasteiger partial charge is 0.226 e. The minimum Gasteiger partial charge on any atom is -0.352 e. The Morgan fingerprint density at radius 3 is 2.65 bits per heavy atom. The highest BCUT2D eigenvalue weighted by Crippen LogP contribution is 2.44. The van der Waals surface area contributed by atoms with Crippen LogP contribution in [0.1, 0.15) is 60.0 Å². The van der Waals surface area contributed by atoms with Gasteiger partial charge >= 0.3 is 0 Å². The first-order chi connectivity index (χ1) is 16.4. The molecular formula is C26H28FN5OS. The number of amides is 1. The number of rotatable bonds is 7. The van der Waals surface area contributed by atoms with E-state index in [0.29, 0.717) is 23.4 Å². The number of pyridine rings is 1. The van der Waals surface area contributed by atoms with Gasteiger partial charge in [0, 0.05) is 42.3 Å². The van der Waals surface area contributed by atoms with Crippen molar-refractivity contribution in [1.29, 1.82) is 0 Å². The second-order valence-electron chi connectivity index (χ2n) is 9.05. The lowest BCUT2D eigenvalue weighted by Crippen LogP contribution is -2.32. The van der Waals surface area contributed by atoms with Gasteiger partial charge in [-0.05, 0) is 86.9 Å². The molecule has 2 aliphatic rings. The minimum atomic E-state index is -0.335. The fourth-order valence-corrected chi connectivity index (χ4v) is 5.29. The Balaban J connectivity index is 1.40. The van der Waals surface area contributed by atoms with Crippen molar-refractivity contribution < 1.29 is 9.18 Å². The van der Waals surface area contributed by atoms with E-state index in [-0.39, 0.29) is 30.2 Å². The second-order valence-corrected chi connectivity index (χ2v) is 9.44. The van der Waals surface area contributed by atoms with Crippen molar-refractivity contribution in [2.75, 3.05) is 11.9 Å². The van der Waals surface area contributed by atoms with Crippen LogP contribution in [0.3, 0.4) is 0 Å². The predicted molar refractivity (Wildman–Crippen MR) is 134 cm³/mol. The van der Waals surface area contributed by atoms with Crippen molar-refractivity contribution >= 4 is 28.9 Å². The van der Waals surface area contributed by atoms with Gasteiger partial charge in [-0.1, -0.05) is 6.07 Å². The molecule has 2 unspecified atom stereocenters. The van der Waals surface area contributed by atoms with Gasteiger partial charge in [0.15, 0.2) is 5.11 Å². The summed E-state index contributed by atoms with van der Waals surface area (Å²) in [6.45, 7) is 4.79. The van der Waals surface area contributed by atoms with E-state index in [2.05, 4.69) is 45.0 Å². The topological polar surface area (TPSA) is 62.2 Å². The van der Waals surface area contributed by atoms with Crippen LogP contribution in [0, 0.1) is 19.7 Å². The fourth-order valence-electron chi connectivity index (χ4n) is 4.96. The molecule has 6 nitrogen and oxygen atoms in total. The second kappa shape index (κ2) is 9.18. The third-order valence-electron chi connectivity index (χ3n) is 6.66. The fraction of sp³-hybridized carbons (Fsp3) is 0.346.